The van der Waals surface area contributed by atoms with Crippen molar-refractivity contribution in [3.63, 3.8) is 0 Å². The largest absolute Gasteiger partial charge is 0.466 e. The molecule has 0 aliphatic carbocycles. The number of carbonyl (C=O) groups is 1. The van der Waals surface area contributed by atoms with Crippen LogP contribution in [-0.4, -0.2) is 23.6 Å². The molecule has 1 atom stereocenters. The second-order valence-corrected chi connectivity index (χ2v) is 5.71. The molecule has 1 saturated heterocycles. The van der Waals surface area contributed by atoms with Crippen molar-refractivity contribution in [2.45, 2.75) is 32.8 Å². The number of anilines is 1. The molecule has 20 heavy (non-hydrogen) atoms. The van der Waals surface area contributed by atoms with Crippen molar-refractivity contribution >= 4 is 22.4 Å². The summed E-state index contributed by atoms with van der Waals surface area (Å²) < 4.78 is 10.8. The van der Waals surface area contributed by atoms with Gasteiger partial charge >= 0.3 is 0 Å². The fraction of sp³-hybridized carbons (Fsp3) is 0.429. The summed E-state index contributed by atoms with van der Waals surface area (Å²) in [6.45, 7) is 4.48. The molecule has 3 rings (SSSR count). The van der Waals surface area contributed by atoms with Gasteiger partial charge in [0.25, 0.3) is 5.91 Å². The van der Waals surface area contributed by atoms with Gasteiger partial charge in [-0.2, -0.15) is 0 Å². The maximum atomic E-state index is 11.9. The molecule has 1 fully saturated rings. The lowest BCUT2D eigenvalue weighted by molar-refractivity contribution is -0.124. The third kappa shape index (κ3) is 2.62. The van der Waals surface area contributed by atoms with Crippen LogP contribution in [0.4, 0.5) is 5.13 Å². The Morgan fingerprint density at radius 2 is 2.35 bits per heavy atom. The van der Waals surface area contributed by atoms with Gasteiger partial charge in [-0.25, -0.2) is 4.98 Å². The van der Waals surface area contributed by atoms with Crippen molar-refractivity contribution in [2.24, 2.45) is 0 Å². The first kappa shape index (κ1) is 13.3. The highest BCUT2D eigenvalue weighted by molar-refractivity contribution is 7.14. The highest BCUT2D eigenvalue weighted by Crippen LogP contribution is 2.29. The molecule has 5 nitrogen and oxygen atoms in total. The predicted octanol–water partition coefficient (Wildman–Crippen LogP) is 3.14. The number of aryl methyl sites for hydroxylation is 2. The maximum absolute atomic E-state index is 11.9. The van der Waals surface area contributed by atoms with E-state index in [1.807, 2.05) is 25.3 Å². The summed E-state index contributed by atoms with van der Waals surface area (Å²) in [5, 5.41) is 5.33. The number of hydrogen-bond acceptors (Lipinski definition) is 5. The van der Waals surface area contributed by atoms with Crippen molar-refractivity contribution in [1.82, 2.24) is 4.98 Å². The molecule has 0 unspecified atom stereocenters. The minimum atomic E-state index is -0.333. The molecule has 1 aliphatic heterocycles. The first-order chi connectivity index (χ1) is 9.63. The molecule has 1 aliphatic rings. The smallest absolute Gasteiger partial charge is 0.255 e. The Balaban J connectivity index is 1.73. The Morgan fingerprint density at radius 1 is 1.50 bits per heavy atom. The topological polar surface area (TPSA) is 64.4 Å². The Bertz CT molecular complexity index is 626. The number of rotatable bonds is 3. The number of thiazole rings is 1. The molecule has 106 valence electrons. The number of amides is 1. The molecule has 1 amide bonds. The van der Waals surface area contributed by atoms with Crippen molar-refractivity contribution in [3.8, 4) is 11.3 Å². The van der Waals surface area contributed by atoms with Gasteiger partial charge in [-0.1, -0.05) is 0 Å². The molecule has 0 aromatic carbocycles. The quantitative estimate of drug-likeness (QED) is 0.944. The summed E-state index contributed by atoms with van der Waals surface area (Å²) in [6.07, 6.45) is 1.39. The Labute approximate surface area is 121 Å². The van der Waals surface area contributed by atoms with E-state index in [-0.39, 0.29) is 12.0 Å². The molecule has 6 heteroatoms. The van der Waals surface area contributed by atoms with E-state index >= 15 is 0 Å². The lowest BCUT2D eigenvalue weighted by Crippen LogP contribution is -2.26. The van der Waals surface area contributed by atoms with E-state index in [9.17, 15) is 4.79 Å². The van der Waals surface area contributed by atoms with Crippen LogP contribution < -0.4 is 5.32 Å². The van der Waals surface area contributed by atoms with Crippen LogP contribution in [-0.2, 0) is 9.53 Å². The number of nitrogens with zero attached hydrogens (tertiary/aromatic N) is 1. The molecule has 3 heterocycles. The van der Waals surface area contributed by atoms with Crippen molar-refractivity contribution < 1.29 is 13.9 Å². The van der Waals surface area contributed by atoms with E-state index in [0.717, 1.165) is 35.6 Å². The molecule has 0 radical (unpaired) electrons. The van der Waals surface area contributed by atoms with Crippen LogP contribution in [0, 0.1) is 13.8 Å². The first-order valence-electron chi connectivity index (χ1n) is 6.59. The van der Waals surface area contributed by atoms with Crippen LogP contribution in [0.25, 0.3) is 11.3 Å². The second-order valence-electron chi connectivity index (χ2n) is 4.86. The average Bonchev–Trinajstić information content (AvgIpc) is 3.10. The van der Waals surface area contributed by atoms with Crippen LogP contribution in [0.2, 0.25) is 0 Å². The van der Waals surface area contributed by atoms with Gasteiger partial charge < -0.3 is 9.15 Å². The highest BCUT2D eigenvalue weighted by Gasteiger charge is 2.24. The normalized spacial score (nSPS) is 18.4. The van der Waals surface area contributed by atoms with E-state index in [0.29, 0.717) is 11.7 Å². The van der Waals surface area contributed by atoms with Crippen LogP contribution in [0.15, 0.2) is 15.9 Å². The molecule has 2 aromatic rings. The van der Waals surface area contributed by atoms with Crippen LogP contribution in [0.1, 0.15) is 24.4 Å². The number of furan rings is 1. The predicted molar refractivity (Wildman–Crippen MR) is 76.9 cm³/mol. The second kappa shape index (κ2) is 5.38. The lowest BCUT2D eigenvalue weighted by atomic mass is 10.2. The van der Waals surface area contributed by atoms with Crippen molar-refractivity contribution in [1.29, 1.82) is 0 Å². The maximum Gasteiger partial charge on any atom is 0.255 e. The van der Waals surface area contributed by atoms with E-state index in [1.54, 1.807) is 0 Å². The van der Waals surface area contributed by atoms with Crippen molar-refractivity contribution in [3.05, 3.63) is 23.0 Å². The number of nitrogens with one attached hydrogen (secondary N) is 1. The fourth-order valence-corrected chi connectivity index (χ4v) is 3.02. The van der Waals surface area contributed by atoms with Crippen molar-refractivity contribution in [2.75, 3.05) is 11.9 Å². The summed E-state index contributed by atoms with van der Waals surface area (Å²) in [5.41, 5.74) is 1.79. The summed E-state index contributed by atoms with van der Waals surface area (Å²) in [4.78, 5) is 16.4. The van der Waals surface area contributed by atoms with Gasteiger partial charge in [0.1, 0.15) is 17.6 Å². The Morgan fingerprint density at radius 3 is 3.00 bits per heavy atom. The van der Waals surface area contributed by atoms with E-state index in [2.05, 4.69) is 10.3 Å². The van der Waals surface area contributed by atoms with Gasteiger partial charge in [0.15, 0.2) is 5.13 Å². The third-order valence-electron chi connectivity index (χ3n) is 3.27. The lowest BCUT2D eigenvalue weighted by Gasteiger charge is -2.07. The van der Waals surface area contributed by atoms with E-state index in [1.165, 1.54) is 11.3 Å². The Hall–Kier alpha value is -1.66. The number of carbonyl (C=O) groups excluding carboxylic acids is 1. The van der Waals surface area contributed by atoms with Gasteiger partial charge in [-0.05, 0) is 32.8 Å². The van der Waals surface area contributed by atoms with E-state index in [4.69, 9.17) is 9.15 Å². The summed E-state index contributed by atoms with van der Waals surface area (Å²) in [5.74, 6) is 1.59. The van der Waals surface area contributed by atoms with Gasteiger partial charge in [0, 0.05) is 17.6 Å². The van der Waals surface area contributed by atoms with Crippen LogP contribution >= 0.6 is 11.3 Å². The number of hydrogen-bond donors (Lipinski definition) is 1. The summed E-state index contributed by atoms with van der Waals surface area (Å²) in [7, 11) is 0. The molecule has 0 saturated carbocycles. The van der Waals surface area contributed by atoms with Gasteiger partial charge in [-0.15, -0.1) is 11.3 Å². The average molecular weight is 292 g/mol. The SMILES string of the molecule is Cc1cc(-c2csc(NC(=O)[C@@H]3CCCO3)n2)c(C)o1. The standard InChI is InChI=1S/C14H16N2O3S/c1-8-6-10(9(2)19-8)11-7-20-14(15-11)16-13(17)12-4-3-5-18-12/h6-7,12H,3-5H2,1-2H3,(H,15,16,17)/t12-/m0/s1. The summed E-state index contributed by atoms with van der Waals surface area (Å²) in [6, 6.07) is 1.95. The minimum absolute atomic E-state index is 0.108. The highest BCUT2D eigenvalue weighted by atomic mass is 32.1. The fourth-order valence-electron chi connectivity index (χ4n) is 2.31. The number of aromatic nitrogens is 1. The van der Waals surface area contributed by atoms with Crippen LogP contribution in [0.5, 0.6) is 0 Å². The molecule has 1 N–H and O–H groups in total. The molecule has 2 aromatic heterocycles. The zero-order valence-corrected chi connectivity index (χ0v) is 12.3. The van der Waals surface area contributed by atoms with Crippen LogP contribution in [0.3, 0.4) is 0 Å². The summed E-state index contributed by atoms with van der Waals surface area (Å²) >= 11 is 1.41. The molecular weight excluding hydrogens is 276 g/mol. The third-order valence-corrected chi connectivity index (χ3v) is 4.03. The minimum Gasteiger partial charge on any atom is -0.466 e. The zero-order valence-electron chi connectivity index (χ0n) is 11.4. The zero-order chi connectivity index (χ0) is 14.1. The Kier molecular flexibility index (Phi) is 3.58. The first-order valence-corrected chi connectivity index (χ1v) is 7.47. The molecule has 0 bridgehead atoms. The van der Waals surface area contributed by atoms with Gasteiger partial charge in [-0.3, -0.25) is 10.1 Å². The number of ether oxygens (including phenoxy) is 1. The molecular formula is C14H16N2O3S. The van der Waals surface area contributed by atoms with E-state index < -0.39 is 0 Å². The molecule has 0 spiro atoms. The monoisotopic (exact) mass is 292 g/mol. The van der Waals surface area contributed by atoms with Gasteiger partial charge in [0.2, 0.25) is 0 Å². The van der Waals surface area contributed by atoms with Gasteiger partial charge in [0.05, 0.1) is 5.69 Å².